The summed E-state index contributed by atoms with van der Waals surface area (Å²) in [5.74, 6) is 0.873. The molecule has 8 heteroatoms. The third kappa shape index (κ3) is 5.12. The molecule has 0 aromatic heterocycles. The highest BCUT2D eigenvalue weighted by molar-refractivity contribution is 7.92. The van der Waals surface area contributed by atoms with Gasteiger partial charge in [0.25, 0.3) is 10.0 Å². The number of nitrogens with zero attached hydrogens (tertiary/aromatic N) is 1. The Morgan fingerprint density at radius 2 is 1.55 bits per heavy atom. The standard InChI is InChI=1S/C25H26N2O5S/c1-17-4-7-22(8-5-17)33(29,30)27(21-11-18(2)10-19(3)12-21)15-25(28)26-14-20-6-9-23-24(13-20)32-16-31-23/h4-13H,14-16H2,1-3H3,(H,26,28). The number of ether oxygens (including phenoxy) is 2. The van der Waals surface area contributed by atoms with Crippen molar-refractivity contribution in [3.8, 4) is 11.5 Å². The first kappa shape index (κ1) is 22.7. The molecule has 3 aromatic rings. The molecule has 7 nitrogen and oxygen atoms in total. The zero-order valence-corrected chi connectivity index (χ0v) is 19.6. The third-order valence-electron chi connectivity index (χ3n) is 5.32. The highest BCUT2D eigenvalue weighted by atomic mass is 32.2. The summed E-state index contributed by atoms with van der Waals surface area (Å²) in [5.41, 5.74) is 4.05. The van der Waals surface area contributed by atoms with Crippen LogP contribution in [0, 0.1) is 20.8 Å². The van der Waals surface area contributed by atoms with Gasteiger partial charge in [-0.05, 0) is 73.9 Å². The Bertz CT molecular complexity index is 1270. The van der Waals surface area contributed by atoms with E-state index in [4.69, 9.17) is 9.47 Å². The third-order valence-corrected chi connectivity index (χ3v) is 7.11. The molecule has 1 amide bonds. The maximum absolute atomic E-state index is 13.5. The number of rotatable bonds is 7. The number of sulfonamides is 1. The van der Waals surface area contributed by atoms with E-state index >= 15 is 0 Å². The number of fused-ring (bicyclic) bond motifs is 1. The number of hydrogen-bond acceptors (Lipinski definition) is 5. The number of carbonyl (C=O) groups excluding carboxylic acids is 1. The molecule has 0 fully saturated rings. The summed E-state index contributed by atoms with van der Waals surface area (Å²) in [6.45, 7) is 5.75. The van der Waals surface area contributed by atoms with Crippen LogP contribution in [0.4, 0.5) is 5.69 Å². The Morgan fingerprint density at radius 3 is 2.24 bits per heavy atom. The molecule has 1 aliphatic heterocycles. The Hall–Kier alpha value is -3.52. The van der Waals surface area contributed by atoms with E-state index in [-0.39, 0.29) is 24.8 Å². The molecule has 0 saturated carbocycles. The molecule has 4 rings (SSSR count). The molecule has 0 radical (unpaired) electrons. The van der Waals surface area contributed by atoms with Gasteiger partial charge in [-0.15, -0.1) is 0 Å². The molecular formula is C25H26N2O5S. The monoisotopic (exact) mass is 466 g/mol. The first-order valence-electron chi connectivity index (χ1n) is 10.6. The second-order valence-electron chi connectivity index (χ2n) is 8.13. The van der Waals surface area contributed by atoms with Gasteiger partial charge in [0.15, 0.2) is 11.5 Å². The molecule has 1 N–H and O–H groups in total. The Balaban J connectivity index is 1.57. The van der Waals surface area contributed by atoms with Crippen LogP contribution in [0.1, 0.15) is 22.3 Å². The SMILES string of the molecule is Cc1ccc(S(=O)(=O)N(CC(=O)NCc2ccc3c(c2)OCO3)c2cc(C)cc(C)c2)cc1. The predicted octanol–water partition coefficient (Wildman–Crippen LogP) is 3.85. The van der Waals surface area contributed by atoms with E-state index < -0.39 is 15.9 Å². The topological polar surface area (TPSA) is 84.9 Å². The van der Waals surface area contributed by atoms with Gasteiger partial charge < -0.3 is 14.8 Å². The van der Waals surface area contributed by atoms with Crippen LogP contribution in [0.3, 0.4) is 0 Å². The van der Waals surface area contributed by atoms with Crippen molar-refractivity contribution >= 4 is 21.6 Å². The number of benzene rings is 3. The molecule has 3 aromatic carbocycles. The van der Waals surface area contributed by atoms with Crippen LogP contribution in [-0.4, -0.2) is 27.7 Å². The van der Waals surface area contributed by atoms with Crippen LogP contribution in [0.5, 0.6) is 11.5 Å². The summed E-state index contributed by atoms with van der Waals surface area (Å²) < 4.78 is 38.9. The molecule has 0 unspecified atom stereocenters. The average Bonchev–Trinajstić information content (AvgIpc) is 3.23. The lowest BCUT2D eigenvalue weighted by atomic mass is 10.1. The molecule has 0 spiro atoms. The first-order chi connectivity index (χ1) is 15.7. The maximum atomic E-state index is 13.5. The minimum Gasteiger partial charge on any atom is -0.454 e. The smallest absolute Gasteiger partial charge is 0.264 e. The van der Waals surface area contributed by atoms with Crippen LogP contribution in [0.2, 0.25) is 0 Å². The van der Waals surface area contributed by atoms with Crippen LogP contribution >= 0.6 is 0 Å². The lowest BCUT2D eigenvalue weighted by Gasteiger charge is -2.25. The number of hydrogen-bond donors (Lipinski definition) is 1. The second-order valence-corrected chi connectivity index (χ2v) is 10.00. The fraction of sp³-hybridized carbons (Fsp3) is 0.240. The number of carbonyl (C=O) groups is 1. The Labute approximate surface area is 194 Å². The lowest BCUT2D eigenvalue weighted by molar-refractivity contribution is -0.119. The van der Waals surface area contributed by atoms with Crippen molar-refractivity contribution in [2.45, 2.75) is 32.2 Å². The lowest BCUT2D eigenvalue weighted by Crippen LogP contribution is -2.40. The highest BCUT2D eigenvalue weighted by Crippen LogP contribution is 2.32. The first-order valence-corrected chi connectivity index (χ1v) is 12.0. The van der Waals surface area contributed by atoms with Crippen molar-refractivity contribution in [3.63, 3.8) is 0 Å². The summed E-state index contributed by atoms with van der Waals surface area (Å²) in [6, 6.07) is 17.5. The van der Waals surface area contributed by atoms with Gasteiger partial charge in [-0.25, -0.2) is 8.42 Å². The zero-order valence-electron chi connectivity index (χ0n) is 18.8. The molecular weight excluding hydrogens is 440 g/mol. The Kier molecular flexibility index (Phi) is 6.29. The number of nitrogens with one attached hydrogen (secondary N) is 1. The van der Waals surface area contributed by atoms with Gasteiger partial charge >= 0.3 is 0 Å². The summed E-state index contributed by atoms with van der Waals surface area (Å²) >= 11 is 0. The van der Waals surface area contributed by atoms with Gasteiger partial charge in [0.1, 0.15) is 6.54 Å². The van der Waals surface area contributed by atoms with E-state index in [1.54, 1.807) is 48.5 Å². The minimum absolute atomic E-state index is 0.135. The average molecular weight is 467 g/mol. The molecule has 0 saturated heterocycles. The van der Waals surface area contributed by atoms with Crippen LogP contribution in [0.25, 0.3) is 0 Å². The van der Waals surface area contributed by atoms with Crippen molar-refractivity contribution in [2.24, 2.45) is 0 Å². The fourth-order valence-corrected chi connectivity index (χ4v) is 5.09. The predicted molar refractivity (Wildman–Crippen MR) is 126 cm³/mol. The van der Waals surface area contributed by atoms with Crippen molar-refractivity contribution in [3.05, 3.63) is 82.9 Å². The fourth-order valence-electron chi connectivity index (χ4n) is 3.69. The van der Waals surface area contributed by atoms with E-state index in [1.165, 1.54) is 0 Å². The molecule has 1 heterocycles. The summed E-state index contributed by atoms with van der Waals surface area (Å²) in [6.07, 6.45) is 0. The highest BCUT2D eigenvalue weighted by Gasteiger charge is 2.27. The Morgan fingerprint density at radius 1 is 0.879 bits per heavy atom. The van der Waals surface area contributed by atoms with Crippen molar-refractivity contribution in [1.82, 2.24) is 5.32 Å². The second kappa shape index (κ2) is 9.15. The van der Waals surface area contributed by atoms with E-state index in [0.717, 1.165) is 26.6 Å². The molecule has 0 atom stereocenters. The summed E-state index contributed by atoms with van der Waals surface area (Å²) in [7, 11) is -3.95. The molecule has 0 bridgehead atoms. The molecule has 1 aliphatic rings. The summed E-state index contributed by atoms with van der Waals surface area (Å²) in [5, 5.41) is 2.81. The number of anilines is 1. The van der Waals surface area contributed by atoms with Gasteiger partial charge in [-0.2, -0.15) is 0 Å². The van der Waals surface area contributed by atoms with Crippen molar-refractivity contribution in [1.29, 1.82) is 0 Å². The van der Waals surface area contributed by atoms with E-state index in [9.17, 15) is 13.2 Å². The largest absolute Gasteiger partial charge is 0.454 e. The maximum Gasteiger partial charge on any atom is 0.264 e. The quantitative estimate of drug-likeness (QED) is 0.572. The van der Waals surface area contributed by atoms with Crippen molar-refractivity contribution in [2.75, 3.05) is 17.6 Å². The van der Waals surface area contributed by atoms with Gasteiger partial charge in [0.2, 0.25) is 12.7 Å². The normalized spacial score (nSPS) is 12.5. The van der Waals surface area contributed by atoms with Crippen molar-refractivity contribution < 1.29 is 22.7 Å². The zero-order chi connectivity index (χ0) is 23.6. The number of amides is 1. The minimum atomic E-state index is -3.95. The van der Waals surface area contributed by atoms with Crippen LogP contribution in [0.15, 0.2) is 65.6 Å². The van der Waals surface area contributed by atoms with E-state index in [1.807, 2.05) is 32.9 Å². The van der Waals surface area contributed by atoms with Gasteiger partial charge in [0.05, 0.1) is 10.6 Å². The van der Waals surface area contributed by atoms with Gasteiger partial charge in [-0.3, -0.25) is 9.10 Å². The van der Waals surface area contributed by atoms with E-state index in [0.29, 0.717) is 17.2 Å². The van der Waals surface area contributed by atoms with Crippen LogP contribution < -0.4 is 19.1 Å². The van der Waals surface area contributed by atoms with E-state index in [2.05, 4.69) is 5.32 Å². The van der Waals surface area contributed by atoms with Gasteiger partial charge in [-0.1, -0.05) is 29.8 Å². The molecule has 33 heavy (non-hydrogen) atoms. The van der Waals surface area contributed by atoms with Gasteiger partial charge in [0, 0.05) is 6.54 Å². The van der Waals surface area contributed by atoms with Crippen LogP contribution in [-0.2, 0) is 21.4 Å². The summed E-state index contributed by atoms with van der Waals surface area (Å²) in [4.78, 5) is 13.0. The number of aryl methyl sites for hydroxylation is 3. The molecule has 0 aliphatic carbocycles. The molecule has 172 valence electrons.